The van der Waals surface area contributed by atoms with E-state index in [4.69, 9.17) is 0 Å². The second-order valence-corrected chi connectivity index (χ2v) is 6.69. The number of nitrogens with zero attached hydrogens (tertiary/aromatic N) is 3. The Morgan fingerprint density at radius 3 is 2.71 bits per heavy atom. The molecule has 2 aliphatic rings. The van der Waals surface area contributed by atoms with Gasteiger partial charge in [-0.15, -0.1) is 0 Å². The Morgan fingerprint density at radius 2 is 2.00 bits per heavy atom. The van der Waals surface area contributed by atoms with Crippen LogP contribution >= 0.6 is 11.8 Å². The van der Waals surface area contributed by atoms with E-state index >= 15 is 0 Å². The summed E-state index contributed by atoms with van der Waals surface area (Å²) in [6.45, 7) is 2.75. The van der Waals surface area contributed by atoms with Gasteiger partial charge in [0.25, 0.3) is 0 Å². The number of likely N-dealkylation sites (tertiary alicyclic amines) is 1. The summed E-state index contributed by atoms with van der Waals surface area (Å²) in [4.78, 5) is 32.3. The monoisotopic (exact) mass is 305 g/mol. The van der Waals surface area contributed by atoms with Gasteiger partial charge in [-0.2, -0.15) is 11.8 Å². The smallest absolute Gasteiger partial charge is 0.228 e. The Morgan fingerprint density at radius 1 is 1.29 bits per heavy atom. The van der Waals surface area contributed by atoms with Crippen LogP contribution < -0.4 is 0 Å². The van der Waals surface area contributed by atoms with E-state index in [2.05, 4.69) is 4.98 Å². The average molecular weight is 305 g/mol. The van der Waals surface area contributed by atoms with Crippen molar-refractivity contribution in [1.29, 1.82) is 0 Å². The van der Waals surface area contributed by atoms with Gasteiger partial charge < -0.3 is 9.80 Å². The van der Waals surface area contributed by atoms with Gasteiger partial charge in [0, 0.05) is 56.5 Å². The van der Waals surface area contributed by atoms with E-state index in [1.807, 2.05) is 28.8 Å². The molecular formula is C15H19N3O2S. The molecule has 1 aromatic rings. The number of hydrogen-bond acceptors (Lipinski definition) is 4. The summed E-state index contributed by atoms with van der Waals surface area (Å²) >= 11 is 1.88. The number of rotatable bonds is 3. The molecule has 112 valence electrons. The summed E-state index contributed by atoms with van der Waals surface area (Å²) in [6, 6.07) is 3.81. The first-order valence-corrected chi connectivity index (χ1v) is 8.43. The molecule has 0 aliphatic carbocycles. The van der Waals surface area contributed by atoms with Gasteiger partial charge in [0.15, 0.2) is 0 Å². The molecule has 0 bridgehead atoms. The van der Waals surface area contributed by atoms with Gasteiger partial charge in [0.2, 0.25) is 11.8 Å². The van der Waals surface area contributed by atoms with Crippen LogP contribution in [0.15, 0.2) is 24.5 Å². The highest BCUT2D eigenvalue weighted by atomic mass is 32.2. The topological polar surface area (TPSA) is 53.5 Å². The minimum Gasteiger partial charge on any atom is -0.341 e. The first-order chi connectivity index (χ1) is 10.2. The van der Waals surface area contributed by atoms with Crippen molar-refractivity contribution in [2.75, 3.05) is 31.1 Å². The summed E-state index contributed by atoms with van der Waals surface area (Å²) in [7, 11) is 0. The first-order valence-electron chi connectivity index (χ1n) is 7.27. The number of carbonyl (C=O) groups excluding carboxylic acids is 2. The van der Waals surface area contributed by atoms with E-state index in [1.165, 1.54) is 0 Å². The SMILES string of the molecule is O=C1CC(C(=O)N2CCSCC2)CN1Cc1ccncc1. The molecule has 2 saturated heterocycles. The number of amides is 2. The summed E-state index contributed by atoms with van der Waals surface area (Å²) in [5, 5.41) is 0. The Labute approximate surface area is 128 Å². The van der Waals surface area contributed by atoms with Crippen LogP contribution in [0.4, 0.5) is 0 Å². The highest BCUT2D eigenvalue weighted by Crippen LogP contribution is 2.23. The zero-order valence-corrected chi connectivity index (χ0v) is 12.7. The Kier molecular flexibility index (Phi) is 4.43. The average Bonchev–Trinajstić information content (AvgIpc) is 2.89. The van der Waals surface area contributed by atoms with E-state index in [0.717, 1.165) is 30.2 Å². The molecule has 0 saturated carbocycles. The van der Waals surface area contributed by atoms with E-state index in [1.54, 1.807) is 17.3 Å². The summed E-state index contributed by atoms with van der Waals surface area (Å²) in [5.41, 5.74) is 1.06. The Hall–Kier alpha value is -1.56. The third-order valence-electron chi connectivity index (χ3n) is 4.01. The van der Waals surface area contributed by atoms with E-state index in [-0.39, 0.29) is 17.7 Å². The maximum Gasteiger partial charge on any atom is 0.228 e. The predicted octanol–water partition coefficient (Wildman–Crippen LogP) is 1.01. The number of thioether (sulfide) groups is 1. The molecule has 3 heterocycles. The van der Waals surface area contributed by atoms with Crippen molar-refractivity contribution in [3.63, 3.8) is 0 Å². The van der Waals surface area contributed by atoms with Crippen LogP contribution in [0.1, 0.15) is 12.0 Å². The summed E-state index contributed by atoms with van der Waals surface area (Å²) in [6.07, 6.45) is 3.81. The molecule has 0 radical (unpaired) electrons. The van der Waals surface area contributed by atoms with Crippen molar-refractivity contribution in [1.82, 2.24) is 14.8 Å². The van der Waals surface area contributed by atoms with Crippen molar-refractivity contribution in [2.24, 2.45) is 5.92 Å². The molecule has 21 heavy (non-hydrogen) atoms. The predicted molar refractivity (Wildman–Crippen MR) is 81.7 cm³/mol. The number of aromatic nitrogens is 1. The van der Waals surface area contributed by atoms with Crippen LogP contribution in [0.2, 0.25) is 0 Å². The van der Waals surface area contributed by atoms with Crippen LogP contribution in [0.5, 0.6) is 0 Å². The molecule has 1 aromatic heterocycles. The van der Waals surface area contributed by atoms with Gasteiger partial charge in [-0.05, 0) is 17.7 Å². The van der Waals surface area contributed by atoms with Crippen molar-refractivity contribution >= 4 is 23.6 Å². The molecule has 1 unspecified atom stereocenters. The third kappa shape index (κ3) is 3.37. The van der Waals surface area contributed by atoms with Gasteiger partial charge in [-0.3, -0.25) is 14.6 Å². The van der Waals surface area contributed by atoms with Gasteiger partial charge in [-0.25, -0.2) is 0 Å². The normalized spacial score (nSPS) is 22.7. The molecule has 2 amide bonds. The molecule has 6 heteroatoms. The van der Waals surface area contributed by atoms with E-state index in [0.29, 0.717) is 19.5 Å². The van der Waals surface area contributed by atoms with Gasteiger partial charge >= 0.3 is 0 Å². The zero-order chi connectivity index (χ0) is 14.7. The number of carbonyl (C=O) groups is 2. The fourth-order valence-electron chi connectivity index (χ4n) is 2.84. The molecule has 0 aromatic carbocycles. The molecule has 2 aliphatic heterocycles. The molecule has 5 nitrogen and oxygen atoms in total. The lowest BCUT2D eigenvalue weighted by molar-refractivity contribution is -0.135. The van der Waals surface area contributed by atoms with Crippen molar-refractivity contribution in [3.05, 3.63) is 30.1 Å². The van der Waals surface area contributed by atoms with Crippen LogP contribution in [0.25, 0.3) is 0 Å². The van der Waals surface area contributed by atoms with Crippen molar-refractivity contribution in [3.8, 4) is 0 Å². The Balaban J connectivity index is 1.60. The fourth-order valence-corrected chi connectivity index (χ4v) is 3.74. The largest absolute Gasteiger partial charge is 0.341 e. The molecule has 0 spiro atoms. The van der Waals surface area contributed by atoms with Crippen LogP contribution in [0.3, 0.4) is 0 Å². The summed E-state index contributed by atoms with van der Waals surface area (Å²) < 4.78 is 0. The minimum absolute atomic E-state index is 0.0801. The van der Waals surface area contributed by atoms with Gasteiger partial charge in [0.1, 0.15) is 0 Å². The highest BCUT2D eigenvalue weighted by Gasteiger charge is 2.36. The Bertz CT molecular complexity index is 517. The van der Waals surface area contributed by atoms with Crippen molar-refractivity contribution < 1.29 is 9.59 Å². The van der Waals surface area contributed by atoms with E-state index < -0.39 is 0 Å². The van der Waals surface area contributed by atoms with Crippen molar-refractivity contribution in [2.45, 2.75) is 13.0 Å². The fraction of sp³-hybridized carbons (Fsp3) is 0.533. The molecule has 1 atom stereocenters. The third-order valence-corrected chi connectivity index (χ3v) is 4.95. The van der Waals surface area contributed by atoms with Crippen LogP contribution in [-0.2, 0) is 16.1 Å². The molecule has 2 fully saturated rings. The maximum atomic E-state index is 12.5. The minimum atomic E-state index is -0.164. The lowest BCUT2D eigenvalue weighted by atomic mass is 10.1. The standard InChI is InChI=1S/C15H19N3O2S/c19-14-9-13(15(20)17-5-7-21-8-6-17)11-18(14)10-12-1-3-16-4-2-12/h1-4,13H,5-11H2. The van der Waals surface area contributed by atoms with Gasteiger partial charge in [0.05, 0.1) is 5.92 Å². The second kappa shape index (κ2) is 6.47. The summed E-state index contributed by atoms with van der Waals surface area (Å²) in [5.74, 6) is 2.08. The molecule has 3 rings (SSSR count). The quantitative estimate of drug-likeness (QED) is 0.836. The lowest BCUT2D eigenvalue weighted by Crippen LogP contribution is -2.42. The van der Waals surface area contributed by atoms with Gasteiger partial charge in [-0.1, -0.05) is 0 Å². The number of hydrogen-bond donors (Lipinski definition) is 0. The van der Waals surface area contributed by atoms with Crippen LogP contribution in [-0.4, -0.2) is 57.7 Å². The maximum absolute atomic E-state index is 12.5. The molecular weight excluding hydrogens is 286 g/mol. The first kappa shape index (κ1) is 14.4. The van der Waals surface area contributed by atoms with Crippen LogP contribution in [0, 0.1) is 5.92 Å². The number of pyridine rings is 1. The second-order valence-electron chi connectivity index (χ2n) is 5.47. The molecule has 0 N–H and O–H groups in total. The zero-order valence-electron chi connectivity index (χ0n) is 11.9. The lowest BCUT2D eigenvalue weighted by Gasteiger charge is -2.28. The van der Waals surface area contributed by atoms with E-state index in [9.17, 15) is 9.59 Å². The highest BCUT2D eigenvalue weighted by molar-refractivity contribution is 7.99.